The molecule has 620 valence electrons. The molecule has 0 fully saturated rings. The number of aliphatic hydroxyl groups excluding tert-OH is 1. The number of aromatic nitrogens is 4. The maximum Gasteiger partial charge on any atom is 0.237 e. The Balaban J connectivity index is 0.000000237. The first-order chi connectivity index (χ1) is 51.0. The number of nitrogens with zero attached hydrogens (tertiary/aromatic N) is 5. The summed E-state index contributed by atoms with van der Waals surface area (Å²) >= 11 is 25.1. The van der Waals surface area contributed by atoms with Gasteiger partial charge in [0, 0.05) is 52.6 Å². The molecule has 35 heteroatoms. The van der Waals surface area contributed by atoms with Crippen molar-refractivity contribution in [3.8, 4) is 28.7 Å². The summed E-state index contributed by atoms with van der Waals surface area (Å²) in [6.07, 6.45) is 3.40. The summed E-state index contributed by atoms with van der Waals surface area (Å²) in [5.41, 5.74) is 3.50. The number of nitro groups is 1. The van der Waals surface area contributed by atoms with Crippen molar-refractivity contribution in [3.05, 3.63) is 129 Å². The van der Waals surface area contributed by atoms with Crippen LogP contribution in [0.2, 0.25) is 20.6 Å². The highest BCUT2D eigenvalue weighted by Crippen LogP contribution is 2.50. The van der Waals surface area contributed by atoms with E-state index in [2.05, 4.69) is 38.8 Å². The van der Waals surface area contributed by atoms with Crippen molar-refractivity contribution in [2.24, 2.45) is 5.73 Å². The lowest BCUT2D eigenvalue weighted by atomic mass is 9.87. The zero-order valence-corrected chi connectivity index (χ0v) is 73.9. The van der Waals surface area contributed by atoms with E-state index in [0.717, 1.165) is 16.7 Å². The van der Waals surface area contributed by atoms with Crippen LogP contribution in [0, 0.1) is 10.1 Å². The van der Waals surface area contributed by atoms with Gasteiger partial charge in [0.05, 0.1) is 115 Å². The van der Waals surface area contributed by atoms with Gasteiger partial charge in [-0.3, -0.25) is 19.7 Å². The molecule has 4 aliphatic rings. The van der Waals surface area contributed by atoms with Crippen LogP contribution in [0.1, 0.15) is 256 Å². The summed E-state index contributed by atoms with van der Waals surface area (Å²) in [6.45, 7) is 38.5. The number of aryl methyl sites for hydroxylation is 1. The number of ketones is 2. The van der Waals surface area contributed by atoms with E-state index in [4.69, 9.17) is 75.8 Å². The molecule has 0 saturated carbocycles. The van der Waals surface area contributed by atoms with Gasteiger partial charge >= 0.3 is 0 Å². The molecule has 4 aromatic heterocycles. The molecule has 1 aromatic carbocycles. The Morgan fingerprint density at radius 2 is 0.892 bits per heavy atom. The lowest BCUT2D eigenvalue weighted by Crippen LogP contribution is -2.49. The quantitative estimate of drug-likeness (QED) is 0.0102. The van der Waals surface area contributed by atoms with E-state index < -0.39 is 119 Å². The smallest absolute Gasteiger partial charge is 0.237 e. The molecule has 0 amide bonds. The average Bonchev–Trinajstić information content (AvgIpc) is 1.64. The summed E-state index contributed by atoms with van der Waals surface area (Å²) in [5, 5.41) is 53.2. The molecule has 8 heterocycles. The molecule has 0 radical (unpaired) electrons. The molecule has 4 aliphatic heterocycles. The molecular weight excluding hydrogens is 1590 g/mol. The molecule has 9 rings (SSSR count). The van der Waals surface area contributed by atoms with Crippen LogP contribution in [0.3, 0.4) is 0 Å². The lowest BCUT2D eigenvalue weighted by molar-refractivity contribution is -0.501. The number of pyridine rings is 4. The SMILES string of the molecule is CCC1(NS(=O)C(C)(C)C)COc2c1cc(C(C)(O)CCC(=O)c1ccc(CC[C@@H](C)O)c(OC)c1)nc2Cl.CCC1(NS(=O)C(C)(C)C)COc2c1cc(C(C)(O)CN)nc2Cl.CCC1(NS(=O)C(C)(C)C)COc2c1cc(C(C)(O)C[N+](=O)[O-])nc2Cl.CCC1(NS(=O)C(C)(C)C)COc2c1cc(C(C)=O)nc2Cl. The Hall–Kier alpha value is -5.04. The van der Waals surface area contributed by atoms with Gasteiger partial charge in [-0.25, -0.2) is 55.7 Å². The summed E-state index contributed by atoms with van der Waals surface area (Å²) in [6, 6.07) is 12.0. The fourth-order valence-electron chi connectivity index (χ4n) is 11.8. The lowest BCUT2D eigenvalue weighted by Gasteiger charge is -2.32. The predicted octanol–water partition coefficient (Wildman–Crippen LogP) is 12.2. The summed E-state index contributed by atoms with van der Waals surface area (Å²) < 4.78 is 90.2. The Morgan fingerprint density at radius 3 is 1.19 bits per heavy atom. The van der Waals surface area contributed by atoms with Gasteiger partial charge in [0.2, 0.25) is 6.54 Å². The Kier molecular flexibility index (Phi) is 31.3. The topological polar surface area (TPSA) is 398 Å². The number of nitrogens with one attached hydrogen (secondary N) is 4. The van der Waals surface area contributed by atoms with Gasteiger partial charge in [-0.1, -0.05) is 86.2 Å². The van der Waals surface area contributed by atoms with E-state index in [1.807, 2.05) is 117 Å². The monoisotopic (exact) mass is 1700 g/mol. The van der Waals surface area contributed by atoms with Gasteiger partial charge < -0.3 is 49.8 Å². The molecule has 10 N–H and O–H groups in total. The number of hydrogen-bond acceptors (Lipinski definition) is 22. The van der Waals surface area contributed by atoms with Crippen molar-refractivity contribution in [2.45, 2.75) is 261 Å². The fraction of sp³-hybridized carbons (Fsp3) is 0.632. The largest absolute Gasteiger partial charge is 0.496 e. The van der Waals surface area contributed by atoms with Crippen LogP contribution in [-0.4, -0.2) is 145 Å². The van der Waals surface area contributed by atoms with Crippen LogP contribution < -0.4 is 48.3 Å². The number of ether oxygens (including phenoxy) is 5. The number of methoxy groups -OCH3 is 1. The fourth-order valence-corrected chi connectivity index (χ4v) is 16.6. The first-order valence-electron chi connectivity index (χ1n) is 36.6. The minimum atomic E-state index is -1.80. The average molecular weight is 1710 g/mol. The van der Waals surface area contributed by atoms with Gasteiger partial charge in [0.25, 0.3) is 0 Å². The first-order valence-corrected chi connectivity index (χ1v) is 42.7. The Labute approximate surface area is 682 Å². The molecule has 5 aromatic rings. The highest BCUT2D eigenvalue weighted by atomic mass is 35.5. The van der Waals surface area contributed by atoms with Crippen LogP contribution in [0.15, 0.2) is 42.5 Å². The molecule has 27 nitrogen and oxygen atoms in total. The standard InChI is InChI=1S/C29H41ClN2O6S.C16H24ClN3O5S.C16H26ClN3O3S.C15H21ClN2O3S/c1-8-29(32-39(36)27(3,4)5)17-38-25-21(29)16-24(31-26(25)30)28(6,35)14-13-22(34)20-12-11-19(10-9-18(2)33)23(15-20)37-7;1-6-16(19-26(24)14(2,3)4)9-25-12-10(16)7-11(18-13(12)17)15(5,21)8-20(22)23;1-6-16(20-24(22)14(2,3)4)9-23-12-10(16)7-11(19-13(12)17)15(5,21)8-18;1-6-15(18-22(20)14(3,4)5)8-21-12-10(15)7-11(9(2)19)17-13(12)16/h11-12,15-16,18,32-33,35H,8-10,13-14,17H2,1-7H3;7,19,21H,6,8-9H2,1-5H3;7,20-21H,6,8-9,18H2,1-5H3;7,18H,6,8H2,1-5H3/t18-,28?,29?,39?;;;/m1.../s1. The molecule has 111 heavy (non-hydrogen) atoms. The van der Waals surface area contributed by atoms with Gasteiger partial charge in [0.15, 0.2) is 60.8 Å². The minimum absolute atomic E-state index is 0.0104. The maximum absolute atomic E-state index is 13.1. The summed E-state index contributed by atoms with van der Waals surface area (Å²) in [5.74, 6) is 1.97. The van der Waals surface area contributed by atoms with Crippen molar-refractivity contribution in [1.82, 2.24) is 38.8 Å². The van der Waals surface area contributed by atoms with Gasteiger partial charge in [-0.15, -0.1) is 0 Å². The molecule has 11 unspecified atom stereocenters. The van der Waals surface area contributed by atoms with E-state index in [9.17, 15) is 57.0 Å². The van der Waals surface area contributed by atoms with Crippen molar-refractivity contribution < 1.29 is 75.5 Å². The number of carbonyl (C=O) groups is 2. The van der Waals surface area contributed by atoms with E-state index in [1.54, 1.807) is 64.3 Å². The third kappa shape index (κ3) is 22.4. The van der Waals surface area contributed by atoms with Crippen LogP contribution >= 0.6 is 46.4 Å². The minimum Gasteiger partial charge on any atom is -0.496 e. The van der Waals surface area contributed by atoms with E-state index in [1.165, 1.54) is 13.8 Å². The summed E-state index contributed by atoms with van der Waals surface area (Å²) in [4.78, 5) is 51.7. The zero-order valence-electron chi connectivity index (χ0n) is 67.6. The number of halogens is 4. The highest BCUT2D eigenvalue weighted by Gasteiger charge is 2.50. The van der Waals surface area contributed by atoms with Crippen LogP contribution in [0.5, 0.6) is 28.7 Å². The number of aliphatic hydroxyl groups is 4. The van der Waals surface area contributed by atoms with E-state index in [-0.39, 0.29) is 76.2 Å². The first kappa shape index (κ1) is 94.8. The number of carbonyl (C=O) groups excluding carboxylic acids is 2. The van der Waals surface area contributed by atoms with Crippen molar-refractivity contribution in [2.75, 3.05) is 46.6 Å². The summed E-state index contributed by atoms with van der Waals surface area (Å²) in [7, 11) is -3.77. The third-order valence-electron chi connectivity index (χ3n) is 19.6. The van der Waals surface area contributed by atoms with E-state index in [0.29, 0.717) is 109 Å². The second kappa shape index (κ2) is 36.6. The normalized spacial score (nSPS) is 22.0. The molecule has 0 aliphatic carbocycles. The van der Waals surface area contributed by atoms with Crippen LogP contribution in [-0.2, 0) is 89.3 Å². The van der Waals surface area contributed by atoms with Crippen molar-refractivity contribution in [1.29, 1.82) is 0 Å². The van der Waals surface area contributed by atoms with Gasteiger partial charge in [-0.2, -0.15) is 0 Å². The van der Waals surface area contributed by atoms with Crippen molar-refractivity contribution in [3.63, 3.8) is 0 Å². The third-order valence-corrected chi connectivity index (χ3v) is 27.3. The van der Waals surface area contributed by atoms with Gasteiger partial charge in [-0.05, 0) is 192 Å². The number of hydrogen-bond donors (Lipinski definition) is 9. The Bertz CT molecular complexity index is 4340. The maximum atomic E-state index is 13.1. The molecule has 0 bridgehead atoms. The van der Waals surface area contributed by atoms with Gasteiger partial charge in [0.1, 0.15) is 49.1 Å². The number of nitrogens with two attached hydrogens (primary N) is 1. The highest BCUT2D eigenvalue weighted by molar-refractivity contribution is 7.85. The predicted molar refractivity (Wildman–Crippen MR) is 437 cm³/mol. The Morgan fingerprint density at radius 1 is 0.568 bits per heavy atom. The molecular formula is C76H112Cl4N10O17S4. The number of rotatable bonds is 27. The van der Waals surface area contributed by atoms with E-state index >= 15 is 0 Å². The van der Waals surface area contributed by atoms with Crippen molar-refractivity contribution >= 4 is 102 Å². The second-order valence-electron chi connectivity index (χ2n) is 32.9. The van der Waals surface area contributed by atoms with Crippen LogP contribution in [0.4, 0.5) is 0 Å². The number of Topliss-reactive ketones (excluding diaryl/α,β-unsaturated/α-hetero) is 2. The molecule has 0 spiro atoms. The number of fused-ring (bicyclic) bond motifs is 4. The molecule has 12 atom stereocenters. The number of benzene rings is 1. The second-order valence-corrected chi connectivity index (χ2v) is 42.2. The van der Waals surface area contributed by atoms with Crippen LogP contribution in [0.25, 0.3) is 0 Å². The molecule has 0 saturated heterocycles. The zero-order chi connectivity index (χ0) is 84.1.